The zero-order valence-corrected chi connectivity index (χ0v) is 11.9. The summed E-state index contributed by atoms with van der Waals surface area (Å²) < 4.78 is 4.76. The predicted octanol–water partition coefficient (Wildman–Crippen LogP) is 0.907. The maximum absolute atomic E-state index is 11.3. The lowest BCUT2D eigenvalue weighted by atomic mass is 10.2. The van der Waals surface area contributed by atoms with Crippen LogP contribution >= 0.6 is 11.8 Å². The Kier molecular flexibility index (Phi) is 10.2. The number of aliphatic carboxylic acids is 1. The molecule has 0 aromatic rings. The summed E-state index contributed by atoms with van der Waals surface area (Å²) in [6, 6.07) is -0.979. The van der Waals surface area contributed by atoms with Crippen molar-refractivity contribution in [1.82, 2.24) is 5.32 Å². The number of carboxylic acids is 1. The first-order chi connectivity index (χ1) is 9.47. The molecule has 0 bridgehead atoms. The highest BCUT2D eigenvalue weighted by atomic mass is 32.2. The van der Waals surface area contributed by atoms with E-state index in [1.165, 1.54) is 11.8 Å². The van der Waals surface area contributed by atoms with Crippen molar-refractivity contribution in [2.75, 3.05) is 25.2 Å². The van der Waals surface area contributed by atoms with Crippen molar-refractivity contribution in [2.24, 2.45) is 0 Å². The molecule has 0 aromatic carbocycles. The molecule has 0 saturated carbocycles. The van der Waals surface area contributed by atoms with Gasteiger partial charge >= 0.3 is 12.1 Å². The van der Waals surface area contributed by atoms with Crippen molar-refractivity contribution in [3.63, 3.8) is 0 Å². The highest BCUT2D eigenvalue weighted by Gasteiger charge is 2.19. The molecule has 0 aromatic heterocycles. The standard InChI is InChI=1S/C10H18N2O7S/c1-20-7-4-8(9(13)14)11-10(15)18-5-2-3-6-19-12(16)17/h8H,2-7H2,1H3,(H,11,15)(H,13,14). The van der Waals surface area contributed by atoms with Gasteiger partial charge in [0.1, 0.15) is 6.04 Å². The molecule has 0 aliphatic carbocycles. The Morgan fingerprint density at radius 3 is 2.60 bits per heavy atom. The quantitative estimate of drug-likeness (QED) is 0.327. The van der Waals surface area contributed by atoms with Gasteiger partial charge in [0.2, 0.25) is 0 Å². The second-order valence-electron chi connectivity index (χ2n) is 3.72. The minimum Gasteiger partial charge on any atom is -0.480 e. The lowest BCUT2D eigenvalue weighted by Gasteiger charge is -2.13. The van der Waals surface area contributed by atoms with Gasteiger partial charge in [-0.3, -0.25) is 0 Å². The fraction of sp³-hybridized carbons (Fsp3) is 0.800. The van der Waals surface area contributed by atoms with E-state index in [0.29, 0.717) is 25.0 Å². The SMILES string of the molecule is CSCCC(NC(=O)OCCCCO[N+](=O)[O-])C(=O)O. The molecule has 9 nitrogen and oxygen atoms in total. The molecule has 0 aliphatic rings. The van der Waals surface area contributed by atoms with Crippen molar-refractivity contribution < 1.29 is 29.4 Å². The van der Waals surface area contributed by atoms with Crippen LogP contribution in [-0.4, -0.2) is 53.5 Å². The number of carboxylic acid groups (broad SMARTS) is 1. The van der Waals surface area contributed by atoms with Gasteiger partial charge in [-0.1, -0.05) is 0 Å². The van der Waals surface area contributed by atoms with Crippen LogP contribution in [0.1, 0.15) is 19.3 Å². The number of rotatable bonds is 11. The Bertz CT molecular complexity index is 327. The van der Waals surface area contributed by atoms with E-state index in [4.69, 9.17) is 9.84 Å². The van der Waals surface area contributed by atoms with E-state index < -0.39 is 23.2 Å². The van der Waals surface area contributed by atoms with Crippen molar-refractivity contribution in [3.05, 3.63) is 10.1 Å². The number of nitrogens with zero attached hydrogens (tertiary/aromatic N) is 1. The molecule has 2 N–H and O–H groups in total. The summed E-state index contributed by atoms with van der Waals surface area (Å²) in [6.45, 7) is -0.0226. The molecular weight excluding hydrogens is 292 g/mol. The Morgan fingerprint density at radius 2 is 2.05 bits per heavy atom. The molecule has 0 spiro atoms. The smallest absolute Gasteiger partial charge is 0.407 e. The Morgan fingerprint density at radius 1 is 1.40 bits per heavy atom. The predicted molar refractivity (Wildman–Crippen MR) is 71.1 cm³/mol. The van der Waals surface area contributed by atoms with Crippen LogP contribution < -0.4 is 5.32 Å². The first-order valence-electron chi connectivity index (χ1n) is 5.89. The Labute approximate surface area is 120 Å². The monoisotopic (exact) mass is 310 g/mol. The third-order valence-corrected chi connectivity index (χ3v) is 2.81. The van der Waals surface area contributed by atoms with E-state index in [9.17, 15) is 19.7 Å². The first-order valence-corrected chi connectivity index (χ1v) is 7.29. The lowest BCUT2D eigenvalue weighted by Crippen LogP contribution is -2.41. The number of nitrogens with one attached hydrogen (secondary N) is 1. The van der Waals surface area contributed by atoms with E-state index in [2.05, 4.69) is 10.2 Å². The van der Waals surface area contributed by atoms with E-state index in [0.717, 1.165) is 0 Å². The van der Waals surface area contributed by atoms with Gasteiger partial charge < -0.3 is 20.0 Å². The van der Waals surface area contributed by atoms with Gasteiger partial charge in [-0.05, 0) is 31.3 Å². The summed E-state index contributed by atoms with van der Waals surface area (Å²) in [7, 11) is 0. The Balaban J connectivity index is 3.74. The minimum absolute atomic E-state index is 0.0434. The van der Waals surface area contributed by atoms with Crippen LogP contribution in [0, 0.1) is 10.1 Å². The fourth-order valence-corrected chi connectivity index (χ4v) is 1.66. The van der Waals surface area contributed by atoms with Crippen LogP contribution in [-0.2, 0) is 14.4 Å². The summed E-state index contributed by atoms with van der Waals surface area (Å²) >= 11 is 1.48. The van der Waals surface area contributed by atoms with Crippen LogP contribution in [0.5, 0.6) is 0 Å². The first kappa shape index (κ1) is 18.3. The normalized spacial score (nSPS) is 11.4. The van der Waals surface area contributed by atoms with E-state index in [1.54, 1.807) is 0 Å². The highest BCUT2D eigenvalue weighted by Crippen LogP contribution is 2.01. The molecule has 0 radical (unpaired) electrons. The van der Waals surface area contributed by atoms with Gasteiger partial charge in [-0.25, -0.2) is 9.59 Å². The number of thioether (sulfide) groups is 1. The highest BCUT2D eigenvalue weighted by molar-refractivity contribution is 7.98. The number of carbonyl (C=O) groups excluding carboxylic acids is 1. The number of ether oxygens (including phenoxy) is 1. The van der Waals surface area contributed by atoms with Gasteiger partial charge in [0.05, 0.1) is 13.2 Å². The van der Waals surface area contributed by atoms with Crippen molar-refractivity contribution >= 4 is 23.8 Å². The largest absolute Gasteiger partial charge is 0.480 e. The van der Waals surface area contributed by atoms with Crippen LogP contribution in [0.15, 0.2) is 0 Å². The number of unbranched alkanes of at least 4 members (excludes halogenated alkanes) is 1. The molecule has 0 rings (SSSR count). The van der Waals surface area contributed by atoms with Crippen LogP contribution in [0.2, 0.25) is 0 Å². The van der Waals surface area contributed by atoms with E-state index in [-0.39, 0.29) is 13.2 Å². The minimum atomic E-state index is -1.12. The second-order valence-corrected chi connectivity index (χ2v) is 4.70. The molecule has 0 fully saturated rings. The van der Waals surface area contributed by atoms with Gasteiger partial charge in [0.25, 0.3) is 5.09 Å². The number of hydrogen-bond acceptors (Lipinski definition) is 7. The maximum Gasteiger partial charge on any atom is 0.407 e. The van der Waals surface area contributed by atoms with E-state index >= 15 is 0 Å². The summed E-state index contributed by atoms with van der Waals surface area (Å²) in [5.41, 5.74) is 0. The number of hydrogen-bond donors (Lipinski definition) is 2. The number of carbonyl (C=O) groups is 2. The third kappa shape index (κ3) is 10.2. The molecule has 0 aliphatic heterocycles. The summed E-state index contributed by atoms with van der Waals surface area (Å²) in [5, 5.41) is 20.1. The molecule has 1 unspecified atom stereocenters. The molecule has 20 heavy (non-hydrogen) atoms. The summed E-state index contributed by atoms with van der Waals surface area (Å²) in [6.07, 6.45) is 2.09. The molecular formula is C10H18N2O7S. The van der Waals surface area contributed by atoms with Crippen LogP contribution in [0.4, 0.5) is 4.79 Å². The fourth-order valence-electron chi connectivity index (χ4n) is 1.19. The molecule has 10 heteroatoms. The average molecular weight is 310 g/mol. The summed E-state index contributed by atoms with van der Waals surface area (Å²) in [5.74, 6) is -0.509. The topological polar surface area (TPSA) is 128 Å². The number of amides is 1. The molecule has 116 valence electrons. The lowest BCUT2D eigenvalue weighted by molar-refractivity contribution is -0.757. The molecule has 1 amide bonds. The van der Waals surface area contributed by atoms with Gasteiger partial charge in [-0.15, -0.1) is 10.1 Å². The van der Waals surface area contributed by atoms with Crippen molar-refractivity contribution in [2.45, 2.75) is 25.3 Å². The van der Waals surface area contributed by atoms with Crippen molar-refractivity contribution in [1.29, 1.82) is 0 Å². The van der Waals surface area contributed by atoms with Gasteiger partial charge in [-0.2, -0.15) is 11.8 Å². The number of alkyl carbamates (subject to hydrolysis) is 1. The van der Waals surface area contributed by atoms with Gasteiger partial charge in [0.15, 0.2) is 0 Å². The molecule has 0 heterocycles. The van der Waals surface area contributed by atoms with Crippen LogP contribution in [0.25, 0.3) is 0 Å². The molecule has 0 saturated heterocycles. The van der Waals surface area contributed by atoms with Crippen molar-refractivity contribution in [3.8, 4) is 0 Å². The maximum atomic E-state index is 11.3. The third-order valence-electron chi connectivity index (χ3n) is 2.17. The zero-order chi connectivity index (χ0) is 15.4. The van der Waals surface area contributed by atoms with Gasteiger partial charge in [0, 0.05) is 0 Å². The Hall–Kier alpha value is -1.71. The van der Waals surface area contributed by atoms with E-state index in [1.807, 2.05) is 6.26 Å². The summed E-state index contributed by atoms with van der Waals surface area (Å²) in [4.78, 5) is 36.1. The molecule has 1 atom stereocenters. The van der Waals surface area contributed by atoms with Crippen LogP contribution in [0.3, 0.4) is 0 Å². The second kappa shape index (κ2) is 11.1. The average Bonchev–Trinajstić information content (AvgIpc) is 2.37. The zero-order valence-electron chi connectivity index (χ0n) is 11.1.